The van der Waals surface area contributed by atoms with Crippen molar-refractivity contribution in [3.8, 4) is 5.82 Å². The molecule has 28 heavy (non-hydrogen) atoms. The van der Waals surface area contributed by atoms with Gasteiger partial charge < -0.3 is 0 Å². The Morgan fingerprint density at radius 3 is 2.32 bits per heavy atom. The number of fused-ring (bicyclic) bond motifs is 3. The van der Waals surface area contributed by atoms with Gasteiger partial charge in [-0.1, -0.05) is 52.8 Å². The van der Waals surface area contributed by atoms with Crippen LogP contribution in [0.5, 0.6) is 0 Å². The molecular formula is C26H31N2+. The third-order valence-electron chi connectivity index (χ3n) is 5.97. The summed E-state index contributed by atoms with van der Waals surface area (Å²) in [7, 11) is 2.14. The number of benzene rings is 2. The van der Waals surface area contributed by atoms with Crippen LogP contribution < -0.4 is 4.57 Å². The molecule has 2 heterocycles. The first-order chi connectivity index (χ1) is 13.2. The molecule has 0 bridgehead atoms. The normalized spacial score (nSPS) is 12.4. The van der Waals surface area contributed by atoms with Gasteiger partial charge in [0.05, 0.1) is 13.2 Å². The zero-order chi connectivity index (χ0) is 20.2. The standard InChI is InChI=1S/C26H31N2/c1-17(2)20-12-13-22-21-10-8-9-11-23(21)28(25(22)18(20)3)24-16-19(26(4,5)6)14-15-27(24)7/h8-17H,1-7H3/q+1. The van der Waals surface area contributed by atoms with Crippen LogP contribution in [0.4, 0.5) is 0 Å². The monoisotopic (exact) mass is 371 g/mol. The zero-order valence-electron chi connectivity index (χ0n) is 18.2. The fourth-order valence-electron chi connectivity index (χ4n) is 4.35. The number of para-hydroxylation sites is 1. The lowest BCUT2D eigenvalue weighted by molar-refractivity contribution is -0.665. The van der Waals surface area contributed by atoms with Gasteiger partial charge >= 0.3 is 0 Å². The molecule has 2 nitrogen and oxygen atoms in total. The van der Waals surface area contributed by atoms with E-state index in [4.69, 9.17) is 0 Å². The van der Waals surface area contributed by atoms with Crippen molar-refractivity contribution in [3.05, 3.63) is 71.4 Å². The molecule has 0 radical (unpaired) electrons. The second-order valence-corrected chi connectivity index (χ2v) is 9.32. The highest BCUT2D eigenvalue weighted by molar-refractivity contribution is 6.10. The van der Waals surface area contributed by atoms with Crippen molar-refractivity contribution in [2.45, 2.75) is 52.9 Å². The minimum Gasteiger partial charge on any atom is -0.237 e. The van der Waals surface area contributed by atoms with Crippen molar-refractivity contribution in [3.63, 3.8) is 0 Å². The predicted octanol–water partition coefficient (Wildman–Crippen LogP) is 6.34. The van der Waals surface area contributed by atoms with Gasteiger partial charge in [-0.2, -0.15) is 4.57 Å². The van der Waals surface area contributed by atoms with Crippen molar-refractivity contribution >= 4 is 21.8 Å². The first-order valence-electron chi connectivity index (χ1n) is 10.2. The molecule has 0 aliphatic carbocycles. The number of hydrogen-bond acceptors (Lipinski definition) is 0. The van der Waals surface area contributed by atoms with Crippen molar-refractivity contribution in [2.75, 3.05) is 0 Å². The van der Waals surface area contributed by atoms with Crippen LogP contribution >= 0.6 is 0 Å². The summed E-state index contributed by atoms with van der Waals surface area (Å²) in [5.74, 6) is 1.72. The van der Waals surface area contributed by atoms with Gasteiger partial charge in [-0.25, -0.2) is 4.57 Å². The Labute approximate surface area is 168 Å². The van der Waals surface area contributed by atoms with Crippen LogP contribution in [-0.2, 0) is 12.5 Å². The summed E-state index contributed by atoms with van der Waals surface area (Å²) >= 11 is 0. The lowest BCUT2D eigenvalue weighted by Crippen LogP contribution is -2.34. The Morgan fingerprint density at radius 2 is 1.64 bits per heavy atom. The topological polar surface area (TPSA) is 8.81 Å². The average Bonchev–Trinajstić information content (AvgIpc) is 2.96. The summed E-state index contributed by atoms with van der Waals surface area (Å²) in [5, 5.41) is 2.65. The number of nitrogens with zero attached hydrogens (tertiary/aromatic N) is 2. The van der Waals surface area contributed by atoms with E-state index in [1.165, 1.54) is 44.3 Å². The Morgan fingerprint density at radius 1 is 0.929 bits per heavy atom. The van der Waals surface area contributed by atoms with E-state index in [-0.39, 0.29) is 5.41 Å². The maximum atomic E-state index is 2.46. The Hall–Kier alpha value is -2.61. The number of aryl methyl sites for hydroxylation is 2. The van der Waals surface area contributed by atoms with E-state index in [1.54, 1.807) is 0 Å². The maximum Gasteiger partial charge on any atom is 0.286 e. The fourth-order valence-corrected chi connectivity index (χ4v) is 4.35. The summed E-state index contributed by atoms with van der Waals surface area (Å²) in [6.07, 6.45) is 2.19. The molecule has 2 heteroatoms. The van der Waals surface area contributed by atoms with E-state index >= 15 is 0 Å². The number of pyridine rings is 1. The van der Waals surface area contributed by atoms with E-state index < -0.39 is 0 Å². The summed E-state index contributed by atoms with van der Waals surface area (Å²) in [6, 6.07) is 18.0. The molecule has 4 aromatic rings. The molecule has 0 aliphatic rings. The van der Waals surface area contributed by atoms with Gasteiger partial charge in [-0.15, -0.1) is 0 Å². The molecule has 0 atom stereocenters. The molecule has 0 aliphatic heterocycles. The van der Waals surface area contributed by atoms with Crippen molar-refractivity contribution in [2.24, 2.45) is 7.05 Å². The SMILES string of the molecule is Cc1c(C(C)C)ccc2c3ccccc3n(-c3cc(C(C)(C)C)cc[n+]3C)c12. The highest BCUT2D eigenvalue weighted by Gasteiger charge is 2.25. The van der Waals surface area contributed by atoms with E-state index in [9.17, 15) is 0 Å². The third-order valence-corrected chi connectivity index (χ3v) is 5.97. The summed E-state index contributed by atoms with van der Waals surface area (Å²) in [6.45, 7) is 13.7. The second kappa shape index (κ2) is 6.48. The molecule has 4 rings (SSSR count). The molecule has 0 spiro atoms. The quantitative estimate of drug-likeness (QED) is 0.364. The van der Waals surface area contributed by atoms with Gasteiger partial charge in [0.15, 0.2) is 0 Å². The summed E-state index contributed by atoms with van der Waals surface area (Å²) < 4.78 is 4.70. The van der Waals surface area contributed by atoms with Gasteiger partial charge in [0.2, 0.25) is 0 Å². The molecule has 0 saturated heterocycles. The largest absolute Gasteiger partial charge is 0.286 e. The van der Waals surface area contributed by atoms with Gasteiger partial charge in [0.1, 0.15) is 11.0 Å². The minimum atomic E-state index is 0.111. The molecule has 0 unspecified atom stereocenters. The van der Waals surface area contributed by atoms with Crippen LogP contribution in [0.3, 0.4) is 0 Å². The fraction of sp³-hybridized carbons (Fsp3) is 0.346. The van der Waals surface area contributed by atoms with Crippen LogP contribution in [0.15, 0.2) is 54.7 Å². The molecular weight excluding hydrogens is 340 g/mol. The molecule has 0 saturated carbocycles. The Kier molecular flexibility index (Phi) is 4.33. The van der Waals surface area contributed by atoms with Crippen LogP contribution in [-0.4, -0.2) is 4.57 Å². The molecule has 0 N–H and O–H groups in total. The smallest absolute Gasteiger partial charge is 0.237 e. The molecule has 144 valence electrons. The molecule has 2 aromatic heterocycles. The summed E-state index contributed by atoms with van der Waals surface area (Å²) in [5.41, 5.74) is 6.86. The van der Waals surface area contributed by atoms with Crippen LogP contribution in [0, 0.1) is 6.92 Å². The minimum absolute atomic E-state index is 0.111. The zero-order valence-corrected chi connectivity index (χ0v) is 18.2. The second-order valence-electron chi connectivity index (χ2n) is 9.32. The highest BCUT2D eigenvalue weighted by Crippen LogP contribution is 2.36. The molecule has 2 aromatic carbocycles. The van der Waals surface area contributed by atoms with Crippen LogP contribution in [0.25, 0.3) is 27.6 Å². The first kappa shape index (κ1) is 18.7. The van der Waals surface area contributed by atoms with Gasteiger partial charge in [-0.3, -0.25) is 0 Å². The molecule has 0 amide bonds. The number of aromatic nitrogens is 2. The number of hydrogen-bond donors (Lipinski definition) is 0. The van der Waals surface area contributed by atoms with E-state index in [2.05, 4.69) is 112 Å². The molecule has 0 fully saturated rings. The van der Waals surface area contributed by atoms with Gasteiger partial charge in [0, 0.05) is 22.4 Å². The van der Waals surface area contributed by atoms with Crippen LogP contribution in [0.1, 0.15) is 57.2 Å². The van der Waals surface area contributed by atoms with E-state index in [0.29, 0.717) is 5.92 Å². The van der Waals surface area contributed by atoms with Crippen molar-refractivity contribution in [1.29, 1.82) is 0 Å². The number of rotatable bonds is 2. The van der Waals surface area contributed by atoms with Gasteiger partial charge in [-0.05, 0) is 53.6 Å². The van der Waals surface area contributed by atoms with Gasteiger partial charge in [0.25, 0.3) is 5.82 Å². The summed E-state index contributed by atoms with van der Waals surface area (Å²) in [4.78, 5) is 0. The van der Waals surface area contributed by atoms with Crippen LogP contribution in [0.2, 0.25) is 0 Å². The Balaban J connectivity index is 2.18. The first-order valence-corrected chi connectivity index (χ1v) is 10.2. The Bertz CT molecular complexity index is 1190. The van der Waals surface area contributed by atoms with Crippen molar-refractivity contribution < 1.29 is 4.57 Å². The average molecular weight is 372 g/mol. The lowest BCUT2D eigenvalue weighted by atomic mass is 9.87. The van der Waals surface area contributed by atoms with E-state index in [1.807, 2.05) is 0 Å². The van der Waals surface area contributed by atoms with E-state index in [0.717, 1.165) is 0 Å². The lowest BCUT2D eigenvalue weighted by Gasteiger charge is -2.19. The maximum absolute atomic E-state index is 2.46. The third kappa shape index (κ3) is 2.83. The van der Waals surface area contributed by atoms with Crippen molar-refractivity contribution in [1.82, 2.24) is 4.57 Å². The highest BCUT2D eigenvalue weighted by atomic mass is 15.1. The predicted molar refractivity (Wildman–Crippen MR) is 119 cm³/mol.